The van der Waals surface area contributed by atoms with Crippen molar-refractivity contribution in [3.63, 3.8) is 0 Å². The molecule has 2 aromatic carbocycles. The van der Waals surface area contributed by atoms with Crippen LogP contribution in [0.15, 0.2) is 55.1 Å². The molecule has 2 fully saturated rings. The number of hydrogen-bond donors (Lipinski definition) is 0. The van der Waals surface area contributed by atoms with E-state index >= 15 is 8.78 Å². The molecule has 3 aromatic rings. The summed E-state index contributed by atoms with van der Waals surface area (Å²) < 4.78 is 34.5. The van der Waals surface area contributed by atoms with E-state index in [1.54, 1.807) is 36.7 Å². The second-order valence-electron chi connectivity index (χ2n) is 9.01. The van der Waals surface area contributed by atoms with Gasteiger partial charge in [-0.25, -0.2) is 13.1 Å². The Kier molecular flexibility index (Phi) is 6.64. The predicted octanol–water partition coefficient (Wildman–Crippen LogP) is 5.77. The van der Waals surface area contributed by atoms with E-state index in [4.69, 9.17) is 0 Å². The van der Waals surface area contributed by atoms with Gasteiger partial charge >= 0.3 is 0 Å². The van der Waals surface area contributed by atoms with Crippen LogP contribution in [0.3, 0.4) is 0 Å². The average Bonchev–Trinajstić information content (AvgIpc) is 3.39. The fraction of sp³-hybridized carbons (Fsp3) is 0.440. The minimum Gasteiger partial charge on any atom is -0.369 e. The second kappa shape index (κ2) is 9.81. The highest BCUT2D eigenvalue weighted by atomic mass is 32.2. The van der Waals surface area contributed by atoms with Gasteiger partial charge in [0, 0.05) is 42.5 Å². The zero-order valence-corrected chi connectivity index (χ0v) is 19.6. The molecule has 0 N–H and O–H groups in total. The SMILES string of the molecule is C[C@H]1CC[C@H](c2ccccc2)SN1Cc1ccc(N2CCC(n3cnnc3)CC2)c(F)c1F. The van der Waals surface area contributed by atoms with Crippen molar-refractivity contribution < 1.29 is 8.78 Å². The van der Waals surface area contributed by atoms with E-state index in [1.165, 1.54) is 5.56 Å². The lowest BCUT2D eigenvalue weighted by Gasteiger charge is -2.37. The van der Waals surface area contributed by atoms with Crippen molar-refractivity contribution in [2.24, 2.45) is 0 Å². The Morgan fingerprint density at radius 3 is 2.36 bits per heavy atom. The van der Waals surface area contributed by atoms with Gasteiger partial charge in [0.1, 0.15) is 12.7 Å². The van der Waals surface area contributed by atoms with Gasteiger partial charge in [-0.15, -0.1) is 10.2 Å². The number of piperidine rings is 1. The molecule has 3 heterocycles. The summed E-state index contributed by atoms with van der Waals surface area (Å²) in [5.41, 5.74) is 2.07. The molecule has 5 nitrogen and oxygen atoms in total. The summed E-state index contributed by atoms with van der Waals surface area (Å²) in [6.45, 7) is 3.91. The van der Waals surface area contributed by atoms with Gasteiger partial charge in [-0.2, -0.15) is 0 Å². The minimum atomic E-state index is -0.732. The fourth-order valence-electron chi connectivity index (χ4n) is 4.86. The number of halogens is 2. The van der Waals surface area contributed by atoms with Crippen molar-refractivity contribution in [2.45, 2.75) is 56.5 Å². The molecule has 0 bridgehead atoms. The number of hydrogen-bond acceptors (Lipinski definition) is 5. The van der Waals surface area contributed by atoms with E-state index in [0.717, 1.165) is 25.7 Å². The molecule has 0 radical (unpaired) electrons. The Labute approximate surface area is 197 Å². The lowest BCUT2D eigenvalue weighted by Crippen LogP contribution is -2.35. The summed E-state index contributed by atoms with van der Waals surface area (Å²) in [6, 6.07) is 14.6. The third-order valence-electron chi connectivity index (χ3n) is 6.90. The van der Waals surface area contributed by atoms with Crippen LogP contribution >= 0.6 is 11.9 Å². The maximum absolute atomic E-state index is 15.2. The first-order valence-corrected chi connectivity index (χ1v) is 12.5. The average molecular weight is 470 g/mol. The van der Waals surface area contributed by atoms with Crippen LogP contribution in [0.5, 0.6) is 0 Å². The molecule has 5 rings (SSSR count). The monoisotopic (exact) mass is 469 g/mol. The maximum Gasteiger partial charge on any atom is 0.182 e. The largest absolute Gasteiger partial charge is 0.369 e. The van der Waals surface area contributed by atoms with Crippen LogP contribution in [-0.4, -0.2) is 38.2 Å². The number of anilines is 1. The first-order valence-electron chi connectivity index (χ1n) is 11.6. The van der Waals surface area contributed by atoms with E-state index in [1.807, 2.05) is 15.5 Å². The lowest BCUT2D eigenvalue weighted by atomic mass is 10.0. The van der Waals surface area contributed by atoms with Gasteiger partial charge in [-0.3, -0.25) is 0 Å². The molecule has 2 atom stereocenters. The molecule has 0 amide bonds. The van der Waals surface area contributed by atoms with Gasteiger partial charge in [-0.05, 0) is 44.2 Å². The minimum absolute atomic E-state index is 0.304. The van der Waals surface area contributed by atoms with E-state index in [9.17, 15) is 0 Å². The van der Waals surface area contributed by atoms with Gasteiger partial charge in [-0.1, -0.05) is 48.3 Å². The summed E-state index contributed by atoms with van der Waals surface area (Å²) >= 11 is 1.75. The third kappa shape index (κ3) is 4.77. The highest BCUT2D eigenvalue weighted by Crippen LogP contribution is 2.43. The molecule has 0 saturated carbocycles. The highest BCUT2D eigenvalue weighted by Gasteiger charge is 2.29. The number of aromatic nitrogens is 3. The molecule has 0 aliphatic carbocycles. The van der Waals surface area contributed by atoms with E-state index in [2.05, 4.69) is 45.7 Å². The van der Waals surface area contributed by atoms with Crippen molar-refractivity contribution in [1.29, 1.82) is 0 Å². The highest BCUT2D eigenvalue weighted by molar-refractivity contribution is 7.97. The zero-order valence-electron chi connectivity index (χ0n) is 18.8. The molecule has 8 heteroatoms. The van der Waals surface area contributed by atoms with Crippen LogP contribution < -0.4 is 4.90 Å². The van der Waals surface area contributed by atoms with Gasteiger partial charge < -0.3 is 9.47 Å². The lowest BCUT2D eigenvalue weighted by molar-refractivity contribution is 0.315. The van der Waals surface area contributed by atoms with Crippen LogP contribution in [0.1, 0.15) is 55.0 Å². The van der Waals surface area contributed by atoms with Crippen LogP contribution in [-0.2, 0) is 6.54 Å². The van der Waals surface area contributed by atoms with Gasteiger partial charge in [0.15, 0.2) is 11.6 Å². The normalized spacial score (nSPS) is 22.6. The van der Waals surface area contributed by atoms with E-state index in [0.29, 0.717) is 48.2 Å². The van der Waals surface area contributed by atoms with Crippen molar-refractivity contribution in [1.82, 2.24) is 19.1 Å². The van der Waals surface area contributed by atoms with Crippen LogP contribution in [0.25, 0.3) is 0 Å². The quantitative estimate of drug-likeness (QED) is 0.444. The topological polar surface area (TPSA) is 37.2 Å². The summed E-state index contributed by atoms with van der Waals surface area (Å²) in [6.07, 6.45) is 7.27. The molecule has 0 spiro atoms. The zero-order chi connectivity index (χ0) is 22.8. The van der Waals surface area contributed by atoms with Gasteiger partial charge in [0.2, 0.25) is 0 Å². The smallest absolute Gasteiger partial charge is 0.182 e. The fourth-order valence-corrected chi connectivity index (χ4v) is 6.23. The van der Waals surface area contributed by atoms with Crippen LogP contribution in [0.4, 0.5) is 14.5 Å². The molecular formula is C25H29F2N5S. The molecule has 33 heavy (non-hydrogen) atoms. The van der Waals surface area contributed by atoms with Crippen molar-refractivity contribution in [3.05, 3.63) is 77.9 Å². The first-order chi connectivity index (χ1) is 16.1. The molecule has 2 aliphatic heterocycles. The van der Waals surface area contributed by atoms with Crippen molar-refractivity contribution >= 4 is 17.6 Å². The van der Waals surface area contributed by atoms with Crippen molar-refractivity contribution in [3.8, 4) is 0 Å². The number of rotatable bonds is 5. The summed E-state index contributed by atoms with van der Waals surface area (Å²) in [5.74, 6) is -1.45. The molecular weight excluding hydrogens is 440 g/mol. The van der Waals surface area contributed by atoms with Crippen LogP contribution in [0, 0.1) is 11.6 Å². The second-order valence-corrected chi connectivity index (χ2v) is 10.3. The van der Waals surface area contributed by atoms with Crippen LogP contribution in [0.2, 0.25) is 0 Å². The van der Waals surface area contributed by atoms with Crippen molar-refractivity contribution in [2.75, 3.05) is 18.0 Å². The molecule has 174 valence electrons. The Morgan fingerprint density at radius 2 is 1.64 bits per heavy atom. The van der Waals surface area contributed by atoms with E-state index in [-0.39, 0.29) is 0 Å². The van der Waals surface area contributed by atoms with Gasteiger partial charge in [0.25, 0.3) is 0 Å². The summed E-state index contributed by atoms with van der Waals surface area (Å²) in [4.78, 5) is 1.95. The molecule has 2 aliphatic rings. The maximum atomic E-state index is 15.2. The van der Waals surface area contributed by atoms with Gasteiger partial charge in [0.05, 0.1) is 5.69 Å². The molecule has 0 unspecified atom stereocenters. The third-order valence-corrected chi connectivity index (χ3v) is 8.43. The molecule has 2 saturated heterocycles. The molecule has 1 aromatic heterocycles. The standard InChI is InChI=1S/C25H29F2N5S/c1-18-7-10-23(19-5-3-2-4-6-19)33-32(18)15-20-8-9-22(25(27)24(20)26)30-13-11-21(12-14-30)31-16-28-29-17-31/h2-6,8-9,16-18,21,23H,7,10-15H2,1H3/t18-,23+/m0/s1. The predicted molar refractivity (Wildman–Crippen MR) is 128 cm³/mol. The number of nitrogens with zero attached hydrogens (tertiary/aromatic N) is 5. The Hall–Kier alpha value is -2.45. The number of benzene rings is 2. The Bertz CT molecular complexity index is 1050. The summed E-state index contributed by atoms with van der Waals surface area (Å²) in [5, 5.41) is 8.09. The first kappa shape index (κ1) is 22.3. The summed E-state index contributed by atoms with van der Waals surface area (Å²) in [7, 11) is 0. The van der Waals surface area contributed by atoms with E-state index < -0.39 is 11.6 Å². The Morgan fingerprint density at radius 1 is 0.909 bits per heavy atom. The Balaban J connectivity index is 1.27.